The topological polar surface area (TPSA) is 122 Å². The van der Waals surface area contributed by atoms with Crippen molar-refractivity contribution in [3.05, 3.63) is 48.5 Å². The first-order valence-corrected chi connectivity index (χ1v) is 16.1. The largest absolute Gasteiger partial charge is 0.494 e. The number of carbonyl (C=O) groups is 1. The number of sulfonamides is 2. The fourth-order valence-electron chi connectivity index (χ4n) is 4.15. The molecule has 0 aliphatic carbocycles. The van der Waals surface area contributed by atoms with Crippen LogP contribution in [0.15, 0.2) is 53.4 Å². The maximum Gasteiger partial charge on any atom is 0.243 e. The number of carbonyl (C=O) groups excluding carboxylic acids is 1. The zero-order valence-electron chi connectivity index (χ0n) is 22.0. The highest BCUT2D eigenvalue weighted by Gasteiger charge is 2.25. The molecule has 12 heteroatoms. The van der Waals surface area contributed by atoms with E-state index in [2.05, 4.69) is 5.32 Å². The molecule has 0 saturated carbocycles. The summed E-state index contributed by atoms with van der Waals surface area (Å²) in [6, 6.07) is 13.1. The summed E-state index contributed by atoms with van der Waals surface area (Å²) in [5.74, 6) is 0.956. The Balaban J connectivity index is 1.40. The minimum atomic E-state index is -3.51. The van der Waals surface area contributed by atoms with Gasteiger partial charge in [-0.1, -0.05) is 6.42 Å². The van der Waals surface area contributed by atoms with Crippen LogP contribution in [-0.4, -0.2) is 72.7 Å². The first kappa shape index (κ1) is 29.7. The van der Waals surface area contributed by atoms with Gasteiger partial charge in [0.15, 0.2) is 0 Å². The third-order valence-corrected chi connectivity index (χ3v) is 9.18. The van der Waals surface area contributed by atoms with Gasteiger partial charge in [-0.25, -0.2) is 16.8 Å². The molecule has 0 atom stereocenters. The lowest BCUT2D eigenvalue weighted by molar-refractivity contribution is -0.121. The Bertz CT molecular complexity index is 1240. The van der Waals surface area contributed by atoms with Crippen LogP contribution in [0.4, 0.5) is 5.69 Å². The number of rotatable bonds is 14. The second-order valence-corrected chi connectivity index (χ2v) is 12.8. The van der Waals surface area contributed by atoms with Crippen molar-refractivity contribution < 1.29 is 31.1 Å². The molecule has 1 aliphatic heterocycles. The lowest BCUT2D eigenvalue weighted by Gasteiger charge is -2.25. The monoisotopic (exact) mass is 567 g/mol. The summed E-state index contributed by atoms with van der Waals surface area (Å²) in [5, 5.41) is 2.75. The summed E-state index contributed by atoms with van der Waals surface area (Å²) >= 11 is 0. The molecule has 10 nitrogen and oxygen atoms in total. The van der Waals surface area contributed by atoms with E-state index >= 15 is 0 Å². The van der Waals surface area contributed by atoms with E-state index in [0.717, 1.165) is 25.5 Å². The number of piperidine rings is 1. The molecule has 210 valence electrons. The van der Waals surface area contributed by atoms with E-state index in [1.807, 2.05) is 6.92 Å². The second kappa shape index (κ2) is 13.8. The number of nitrogens with zero attached hydrogens (tertiary/aromatic N) is 2. The molecule has 1 aliphatic rings. The van der Waals surface area contributed by atoms with E-state index in [9.17, 15) is 21.6 Å². The molecule has 1 fully saturated rings. The molecule has 0 aromatic heterocycles. The lowest BCUT2D eigenvalue weighted by Crippen LogP contribution is -2.35. The fourth-order valence-corrected chi connectivity index (χ4v) is 6.64. The average Bonchev–Trinajstić information content (AvgIpc) is 2.90. The van der Waals surface area contributed by atoms with Crippen molar-refractivity contribution in [2.75, 3.05) is 50.0 Å². The van der Waals surface area contributed by atoms with Gasteiger partial charge in [0, 0.05) is 26.1 Å². The molecule has 0 bridgehead atoms. The number of benzene rings is 2. The Kier molecular flexibility index (Phi) is 10.8. The van der Waals surface area contributed by atoms with Gasteiger partial charge in [-0.2, -0.15) is 4.31 Å². The van der Waals surface area contributed by atoms with Crippen molar-refractivity contribution in [1.29, 1.82) is 0 Å². The van der Waals surface area contributed by atoms with Crippen molar-refractivity contribution in [2.24, 2.45) is 0 Å². The summed E-state index contributed by atoms with van der Waals surface area (Å²) in [4.78, 5) is 12.5. The maximum absolute atomic E-state index is 12.7. The van der Waals surface area contributed by atoms with Gasteiger partial charge >= 0.3 is 0 Å². The van der Waals surface area contributed by atoms with Crippen molar-refractivity contribution in [2.45, 2.75) is 43.9 Å². The van der Waals surface area contributed by atoms with E-state index < -0.39 is 20.0 Å². The van der Waals surface area contributed by atoms with E-state index in [1.54, 1.807) is 36.4 Å². The van der Waals surface area contributed by atoms with Crippen LogP contribution in [0.25, 0.3) is 0 Å². The predicted molar refractivity (Wildman–Crippen MR) is 147 cm³/mol. The third kappa shape index (κ3) is 8.60. The molecule has 1 heterocycles. The summed E-state index contributed by atoms with van der Waals surface area (Å²) in [6.07, 6.45) is 4.45. The molecule has 0 radical (unpaired) electrons. The maximum atomic E-state index is 12.7. The molecule has 1 N–H and O–H groups in total. The minimum Gasteiger partial charge on any atom is -0.494 e. The average molecular weight is 568 g/mol. The number of hydrogen-bond donors (Lipinski definition) is 1. The van der Waals surface area contributed by atoms with Gasteiger partial charge in [-0.15, -0.1) is 0 Å². The molecule has 2 aromatic rings. The zero-order chi connectivity index (χ0) is 27.6. The fraction of sp³-hybridized carbons (Fsp3) is 0.500. The summed E-state index contributed by atoms with van der Waals surface area (Å²) in [6.45, 7) is 4.14. The Morgan fingerprint density at radius 2 is 1.53 bits per heavy atom. The van der Waals surface area contributed by atoms with Crippen molar-refractivity contribution in [1.82, 2.24) is 9.62 Å². The van der Waals surface area contributed by atoms with E-state index in [0.29, 0.717) is 43.3 Å². The lowest BCUT2D eigenvalue weighted by atomic mass is 10.2. The highest BCUT2D eigenvalue weighted by molar-refractivity contribution is 7.92. The van der Waals surface area contributed by atoms with Crippen LogP contribution in [-0.2, 0) is 24.8 Å². The van der Waals surface area contributed by atoms with Gasteiger partial charge in [-0.05, 0) is 74.7 Å². The standard InChI is InChI=1S/C26H37N3O7S2/c1-3-35-23-11-9-22(10-12-23)29(37(2,31)32)20-7-8-26(30)27-17-21-36-24-13-15-25(16-14-24)38(33,34)28-18-5-4-6-19-28/h9-16H,3-8,17-21H2,1-2H3,(H,27,30). The Hall–Kier alpha value is -2.83. The molecule has 1 saturated heterocycles. The molecule has 1 amide bonds. The predicted octanol–water partition coefficient (Wildman–Crippen LogP) is 3.00. The first-order chi connectivity index (χ1) is 18.1. The van der Waals surface area contributed by atoms with Gasteiger partial charge in [0.05, 0.1) is 30.0 Å². The second-order valence-electron chi connectivity index (χ2n) is 9.00. The highest BCUT2D eigenvalue weighted by Crippen LogP contribution is 2.23. The number of amides is 1. The molecular weight excluding hydrogens is 530 g/mol. The molecule has 38 heavy (non-hydrogen) atoms. The Labute approximate surface area is 226 Å². The van der Waals surface area contributed by atoms with E-state index in [-0.39, 0.29) is 36.9 Å². The number of nitrogens with one attached hydrogen (secondary N) is 1. The van der Waals surface area contributed by atoms with E-state index in [4.69, 9.17) is 9.47 Å². The number of anilines is 1. The summed E-state index contributed by atoms with van der Waals surface area (Å²) in [7, 11) is -7.00. The van der Waals surface area contributed by atoms with Crippen molar-refractivity contribution in [3.63, 3.8) is 0 Å². The van der Waals surface area contributed by atoms with Crippen LogP contribution in [0, 0.1) is 0 Å². The van der Waals surface area contributed by atoms with Crippen LogP contribution in [0.3, 0.4) is 0 Å². The number of hydrogen-bond acceptors (Lipinski definition) is 7. The minimum absolute atomic E-state index is 0.159. The summed E-state index contributed by atoms with van der Waals surface area (Å²) in [5.41, 5.74) is 0.513. The van der Waals surface area contributed by atoms with Crippen LogP contribution in [0.5, 0.6) is 11.5 Å². The molecular formula is C26H37N3O7S2. The molecule has 0 spiro atoms. The first-order valence-electron chi connectivity index (χ1n) is 12.8. The zero-order valence-corrected chi connectivity index (χ0v) is 23.6. The van der Waals surface area contributed by atoms with Crippen LogP contribution in [0.1, 0.15) is 39.0 Å². The quantitative estimate of drug-likeness (QED) is 0.348. The van der Waals surface area contributed by atoms with Gasteiger partial charge in [0.25, 0.3) is 0 Å². The Morgan fingerprint density at radius 1 is 0.921 bits per heavy atom. The van der Waals surface area contributed by atoms with Gasteiger partial charge in [0.1, 0.15) is 18.1 Å². The van der Waals surface area contributed by atoms with Crippen LogP contribution >= 0.6 is 0 Å². The van der Waals surface area contributed by atoms with Crippen molar-refractivity contribution >= 4 is 31.6 Å². The Morgan fingerprint density at radius 3 is 2.13 bits per heavy atom. The third-order valence-electron chi connectivity index (χ3n) is 6.07. The number of ether oxygens (including phenoxy) is 2. The van der Waals surface area contributed by atoms with Crippen LogP contribution in [0.2, 0.25) is 0 Å². The highest BCUT2D eigenvalue weighted by atomic mass is 32.2. The molecule has 3 rings (SSSR count). The van der Waals surface area contributed by atoms with Gasteiger partial charge in [-0.3, -0.25) is 9.10 Å². The van der Waals surface area contributed by atoms with Gasteiger partial charge < -0.3 is 14.8 Å². The van der Waals surface area contributed by atoms with Gasteiger partial charge in [0.2, 0.25) is 26.0 Å². The van der Waals surface area contributed by atoms with E-state index in [1.165, 1.54) is 20.7 Å². The SMILES string of the molecule is CCOc1ccc(N(CCCC(=O)NCCOc2ccc(S(=O)(=O)N3CCCCC3)cc2)S(C)(=O)=O)cc1. The molecule has 2 aromatic carbocycles. The normalized spacial score (nSPS) is 14.6. The van der Waals surface area contributed by atoms with Crippen LogP contribution < -0.4 is 19.1 Å². The smallest absolute Gasteiger partial charge is 0.243 e. The molecule has 0 unspecified atom stereocenters. The summed E-state index contributed by atoms with van der Waals surface area (Å²) < 4.78 is 63.8. The van der Waals surface area contributed by atoms with Crippen molar-refractivity contribution in [3.8, 4) is 11.5 Å².